The zero-order chi connectivity index (χ0) is 16.4. The lowest BCUT2D eigenvalue weighted by atomic mass is 10.2. The minimum absolute atomic E-state index is 0.694. The van der Waals surface area contributed by atoms with E-state index >= 15 is 0 Å². The van der Waals surface area contributed by atoms with E-state index in [1.807, 2.05) is 49.5 Å². The summed E-state index contributed by atoms with van der Waals surface area (Å²) in [6, 6.07) is 11.9. The maximum Gasteiger partial charge on any atom is 0.162 e. The van der Waals surface area contributed by atoms with Gasteiger partial charge in [0.05, 0.1) is 17.1 Å². The number of nitrogens with zero attached hydrogens (tertiary/aromatic N) is 4. The smallest absolute Gasteiger partial charge is 0.162 e. The summed E-state index contributed by atoms with van der Waals surface area (Å²) in [6.45, 7) is 2.71. The highest BCUT2D eigenvalue weighted by atomic mass is 32.1. The lowest BCUT2D eigenvalue weighted by Crippen LogP contribution is -2.03. The summed E-state index contributed by atoms with van der Waals surface area (Å²) in [6.07, 6.45) is 5.41. The fourth-order valence-corrected chi connectivity index (χ4v) is 3.23. The number of hydrogen-bond donors (Lipinski definition) is 1. The number of rotatable bonds is 4. The minimum atomic E-state index is 0.694. The molecule has 0 saturated heterocycles. The lowest BCUT2D eigenvalue weighted by molar-refractivity contribution is 1.12. The molecule has 0 fully saturated rings. The summed E-state index contributed by atoms with van der Waals surface area (Å²) in [5, 5.41) is 5.51. The Labute approximate surface area is 143 Å². The average Bonchev–Trinajstić information content (AvgIpc) is 3.05. The highest BCUT2D eigenvalue weighted by molar-refractivity contribution is 7.11. The normalized spacial score (nSPS) is 10.9. The predicted octanol–water partition coefficient (Wildman–Crippen LogP) is 4.07. The maximum atomic E-state index is 4.73. The van der Waals surface area contributed by atoms with Crippen LogP contribution in [0.5, 0.6) is 0 Å². The lowest BCUT2D eigenvalue weighted by Gasteiger charge is -2.10. The van der Waals surface area contributed by atoms with Crippen LogP contribution in [0.4, 0.5) is 5.82 Å². The third-order valence-electron chi connectivity index (χ3n) is 3.64. The first-order valence-electron chi connectivity index (χ1n) is 7.62. The predicted molar refractivity (Wildman–Crippen MR) is 96.9 cm³/mol. The second kappa shape index (κ2) is 6.33. The van der Waals surface area contributed by atoms with Crippen molar-refractivity contribution in [2.24, 2.45) is 0 Å². The number of fused-ring (bicyclic) bond motifs is 1. The van der Waals surface area contributed by atoms with Crippen LogP contribution in [0.15, 0.2) is 55.0 Å². The topological polar surface area (TPSA) is 63.6 Å². The monoisotopic (exact) mass is 333 g/mol. The number of pyridine rings is 1. The number of hydrogen-bond acceptors (Lipinski definition) is 6. The molecule has 0 aliphatic carbocycles. The first kappa shape index (κ1) is 14.7. The molecule has 0 saturated carbocycles. The molecule has 1 aromatic carbocycles. The zero-order valence-corrected chi connectivity index (χ0v) is 13.9. The highest BCUT2D eigenvalue weighted by Crippen LogP contribution is 2.25. The van der Waals surface area contributed by atoms with Gasteiger partial charge in [0.15, 0.2) is 5.82 Å². The summed E-state index contributed by atoms with van der Waals surface area (Å²) < 4.78 is 0. The SMILES string of the molecule is Cc1ncc(CNc2nc(-c3ccncc3)nc3ccccc23)s1. The molecule has 0 bridgehead atoms. The number of nitrogens with one attached hydrogen (secondary N) is 1. The van der Waals surface area contributed by atoms with Crippen molar-refractivity contribution in [2.75, 3.05) is 5.32 Å². The Kier molecular flexibility index (Phi) is 3.88. The van der Waals surface area contributed by atoms with Gasteiger partial charge in [-0.3, -0.25) is 4.98 Å². The molecule has 6 heteroatoms. The summed E-state index contributed by atoms with van der Waals surface area (Å²) >= 11 is 1.69. The Morgan fingerprint density at radius 1 is 1.04 bits per heavy atom. The van der Waals surface area contributed by atoms with E-state index in [0.717, 1.165) is 27.3 Å². The van der Waals surface area contributed by atoms with E-state index < -0.39 is 0 Å². The molecule has 0 aliphatic rings. The van der Waals surface area contributed by atoms with Crippen LogP contribution in [0.3, 0.4) is 0 Å². The highest BCUT2D eigenvalue weighted by Gasteiger charge is 2.09. The van der Waals surface area contributed by atoms with Crippen LogP contribution in [0, 0.1) is 6.92 Å². The van der Waals surface area contributed by atoms with Crippen molar-refractivity contribution >= 4 is 28.1 Å². The molecule has 24 heavy (non-hydrogen) atoms. The molecule has 0 aliphatic heterocycles. The van der Waals surface area contributed by atoms with Gasteiger partial charge in [-0.1, -0.05) is 12.1 Å². The molecular formula is C18H15N5S. The van der Waals surface area contributed by atoms with Crippen molar-refractivity contribution < 1.29 is 0 Å². The van der Waals surface area contributed by atoms with Gasteiger partial charge in [-0.15, -0.1) is 11.3 Å². The molecule has 118 valence electrons. The fourth-order valence-electron chi connectivity index (χ4n) is 2.50. The first-order valence-corrected chi connectivity index (χ1v) is 8.43. The van der Waals surface area contributed by atoms with Crippen LogP contribution < -0.4 is 5.32 Å². The Morgan fingerprint density at radius 2 is 1.88 bits per heavy atom. The Hall–Kier alpha value is -2.86. The van der Waals surface area contributed by atoms with Crippen molar-refractivity contribution in [2.45, 2.75) is 13.5 Å². The standard InChI is InChI=1S/C18H15N5S/c1-12-20-10-14(24-12)11-21-18-15-4-2-3-5-16(15)22-17(23-18)13-6-8-19-9-7-13/h2-10H,11H2,1H3,(H,21,22,23). The van der Waals surface area contributed by atoms with Gasteiger partial charge in [0, 0.05) is 34.4 Å². The Bertz CT molecular complexity index is 981. The molecule has 0 unspecified atom stereocenters. The summed E-state index contributed by atoms with van der Waals surface area (Å²) in [4.78, 5) is 18.9. The minimum Gasteiger partial charge on any atom is -0.364 e. The van der Waals surface area contributed by atoms with Crippen molar-refractivity contribution in [1.82, 2.24) is 19.9 Å². The van der Waals surface area contributed by atoms with E-state index in [1.54, 1.807) is 23.7 Å². The molecular weight excluding hydrogens is 318 g/mol. The summed E-state index contributed by atoms with van der Waals surface area (Å²) in [5.74, 6) is 1.53. The second-order valence-corrected chi connectivity index (χ2v) is 6.67. The van der Waals surface area contributed by atoms with Gasteiger partial charge < -0.3 is 5.32 Å². The number of anilines is 1. The molecule has 3 aromatic heterocycles. The summed E-state index contributed by atoms with van der Waals surface area (Å²) in [7, 11) is 0. The Balaban J connectivity index is 1.75. The van der Waals surface area contributed by atoms with Crippen molar-refractivity contribution in [3.05, 3.63) is 64.9 Å². The van der Waals surface area contributed by atoms with Gasteiger partial charge in [0.1, 0.15) is 5.82 Å². The van der Waals surface area contributed by atoms with Gasteiger partial charge in [0.2, 0.25) is 0 Å². The molecule has 1 N–H and O–H groups in total. The van der Waals surface area contributed by atoms with E-state index in [9.17, 15) is 0 Å². The molecule has 0 radical (unpaired) electrons. The van der Waals surface area contributed by atoms with Gasteiger partial charge in [-0.25, -0.2) is 15.0 Å². The van der Waals surface area contributed by atoms with Gasteiger partial charge in [0.25, 0.3) is 0 Å². The molecule has 3 heterocycles. The van der Waals surface area contributed by atoms with E-state index in [2.05, 4.69) is 20.3 Å². The second-order valence-electron chi connectivity index (χ2n) is 5.35. The van der Waals surface area contributed by atoms with E-state index in [4.69, 9.17) is 4.98 Å². The van der Waals surface area contributed by atoms with Gasteiger partial charge >= 0.3 is 0 Å². The first-order chi connectivity index (χ1) is 11.8. The van der Waals surface area contributed by atoms with Crippen molar-refractivity contribution in [3.8, 4) is 11.4 Å². The maximum absolute atomic E-state index is 4.73. The Morgan fingerprint density at radius 3 is 2.67 bits per heavy atom. The summed E-state index contributed by atoms with van der Waals surface area (Å²) in [5.41, 5.74) is 1.87. The van der Waals surface area contributed by atoms with Crippen LogP contribution >= 0.6 is 11.3 Å². The van der Waals surface area contributed by atoms with Gasteiger partial charge in [-0.2, -0.15) is 0 Å². The molecule has 4 rings (SSSR count). The number of thiazole rings is 1. The fraction of sp³-hybridized carbons (Fsp3) is 0.111. The number of aryl methyl sites for hydroxylation is 1. The van der Waals surface area contributed by atoms with Gasteiger partial charge in [-0.05, 0) is 31.2 Å². The van der Waals surface area contributed by atoms with E-state index in [0.29, 0.717) is 12.4 Å². The van der Waals surface area contributed by atoms with Crippen LogP contribution in [0.1, 0.15) is 9.88 Å². The average molecular weight is 333 g/mol. The number of aromatic nitrogens is 4. The molecule has 0 spiro atoms. The molecule has 0 amide bonds. The quantitative estimate of drug-likeness (QED) is 0.610. The number of benzene rings is 1. The molecule has 4 aromatic rings. The van der Waals surface area contributed by atoms with Crippen LogP contribution in [-0.4, -0.2) is 19.9 Å². The number of para-hydroxylation sites is 1. The van der Waals surface area contributed by atoms with Crippen LogP contribution in [0.25, 0.3) is 22.3 Å². The van der Waals surface area contributed by atoms with E-state index in [1.165, 1.54) is 4.88 Å². The zero-order valence-electron chi connectivity index (χ0n) is 13.1. The largest absolute Gasteiger partial charge is 0.364 e. The molecule has 5 nitrogen and oxygen atoms in total. The third kappa shape index (κ3) is 2.96. The third-order valence-corrected chi connectivity index (χ3v) is 4.55. The van der Waals surface area contributed by atoms with Crippen molar-refractivity contribution in [3.63, 3.8) is 0 Å². The van der Waals surface area contributed by atoms with E-state index in [-0.39, 0.29) is 0 Å². The van der Waals surface area contributed by atoms with Crippen molar-refractivity contribution in [1.29, 1.82) is 0 Å². The molecule has 0 atom stereocenters. The van der Waals surface area contributed by atoms with Crippen LogP contribution in [0.2, 0.25) is 0 Å². The van der Waals surface area contributed by atoms with Crippen LogP contribution in [-0.2, 0) is 6.54 Å².